The van der Waals surface area contributed by atoms with Crippen LogP contribution in [0, 0.1) is 13.8 Å². The highest BCUT2D eigenvalue weighted by Crippen LogP contribution is 2.38. The summed E-state index contributed by atoms with van der Waals surface area (Å²) in [5.74, 6) is -1.53. The number of ketones is 1. The maximum Gasteiger partial charge on any atom is 0.420 e. The van der Waals surface area contributed by atoms with Crippen LogP contribution in [-0.4, -0.2) is 27.5 Å². The minimum atomic E-state index is -0.659. The molecule has 0 saturated heterocycles. The van der Waals surface area contributed by atoms with Crippen LogP contribution in [0.5, 0.6) is 0 Å². The Morgan fingerprint density at radius 2 is 1.96 bits per heavy atom. The molecule has 0 radical (unpaired) electrons. The number of hydrogen-bond acceptors (Lipinski definition) is 5. The molecular formula is C20H20N2O5. The van der Waals surface area contributed by atoms with Crippen LogP contribution >= 0.6 is 0 Å². The molecule has 1 saturated carbocycles. The second-order valence-electron chi connectivity index (χ2n) is 6.89. The van der Waals surface area contributed by atoms with Crippen LogP contribution in [-0.2, 0) is 16.1 Å². The lowest BCUT2D eigenvalue weighted by Crippen LogP contribution is -2.23. The van der Waals surface area contributed by atoms with Crippen molar-refractivity contribution < 1.29 is 18.7 Å². The van der Waals surface area contributed by atoms with Crippen molar-refractivity contribution >= 4 is 22.9 Å². The summed E-state index contributed by atoms with van der Waals surface area (Å²) in [6.45, 7) is 3.24. The zero-order chi connectivity index (χ0) is 19.1. The SMILES string of the molecule is Cc1cc(C(=O)COC(=O)Cn2c(=O)oc3ccccc32)c(C)n1C1CC1. The fourth-order valence-corrected chi connectivity index (χ4v) is 3.52. The Labute approximate surface area is 155 Å². The highest BCUT2D eigenvalue weighted by Gasteiger charge is 2.28. The number of aromatic nitrogens is 2. The fraction of sp³-hybridized carbons (Fsp3) is 0.350. The third-order valence-corrected chi connectivity index (χ3v) is 4.92. The number of esters is 1. The van der Waals surface area contributed by atoms with Crippen molar-refractivity contribution in [3.05, 3.63) is 57.8 Å². The van der Waals surface area contributed by atoms with Gasteiger partial charge in [-0.25, -0.2) is 4.79 Å². The van der Waals surface area contributed by atoms with E-state index in [9.17, 15) is 14.4 Å². The molecule has 0 N–H and O–H groups in total. The standard InChI is InChI=1S/C20H20N2O5/c1-12-9-15(13(2)22(12)14-7-8-14)17(23)11-26-19(24)10-21-16-5-3-4-6-18(16)27-20(21)25/h3-6,9,14H,7-8,10-11H2,1-2H3. The largest absolute Gasteiger partial charge is 0.456 e. The number of aryl methyl sites for hydroxylation is 1. The Bertz CT molecular complexity index is 1100. The van der Waals surface area contributed by atoms with Crippen LogP contribution in [0.1, 0.15) is 40.6 Å². The molecule has 1 aliphatic carbocycles. The number of rotatable bonds is 6. The third kappa shape index (κ3) is 3.20. The maximum absolute atomic E-state index is 12.5. The smallest absolute Gasteiger partial charge is 0.420 e. The van der Waals surface area contributed by atoms with Gasteiger partial charge in [-0.2, -0.15) is 0 Å². The molecule has 7 nitrogen and oxygen atoms in total. The van der Waals surface area contributed by atoms with Gasteiger partial charge in [0.2, 0.25) is 5.78 Å². The van der Waals surface area contributed by atoms with E-state index in [-0.39, 0.29) is 18.9 Å². The zero-order valence-electron chi connectivity index (χ0n) is 15.2. The predicted octanol–water partition coefficient (Wildman–Crippen LogP) is 2.77. The van der Waals surface area contributed by atoms with E-state index in [1.165, 1.54) is 4.57 Å². The zero-order valence-corrected chi connectivity index (χ0v) is 15.2. The summed E-state index contributed by atoms with van der Waals surface area (Å²) in [6, 6.07) is 9.15. The molecule has 1 fully saturated rings. The van der Waals surface area contributed by atoms with E-state index in [2.05, 4.69) is 4.57 Å². The minimum Gasteiger partial charge on any atom is -0.456 e. The summed E-state index contributed by atoms with van der Waals surface area (Å²) in [4.78, 5) is 36.5. The summed E-state index contributed by atoms with van der Waals surface area (Å²) in [5.41, 5.74) is 3.45. The van der Waals surface area contributed by atoms with Crippen LogP contribution in [0.15, 0.2) is 39.5 Å². The van der Waals surface area contributed by atoms with E-state index >= 15 is 0 Å². The number of benzene rings is 1. The molecule has 0 atom stereocenters. The van der Waals surface area contributed by atoms with Gasteiger partial charge in [0, 0.05) is 23.0 Å². The quantitative estimate of drug-likeness (QED) is 0.493. The topological polar surface area (TPSA) is 83.4 Å². The molecule has 2 aromatic heterocycles. The van der Waals surface area contributed by atoms with Crippen molar-refractivity contribution in [2.45, 2.75) is 39.3 Å². The monoisotopic (exact) mass is 368 g/mol. The highest BCUT2D eigenvalue weighted by atomic mass is 16.5. The number of fused-ring (bicyclic) bond motifs is 1. The van der Waals surface area contributed by atoms with Crippen molar-refractivity contribution in [1.82, 2.24) is 9.13 Å². The lowest BCUT2D eigenvalue weighted by atomic mass is 10.1. The molecule has 1 aliphatic rings. The molecule has 140 valence electrons. The Kier molecular flexibility index (Phi) is 4.22. The maximum atomic E-state index is 12.5. The van der Waals surface area contributed by atoms with Gasteiger partial charge >= 0.3 is 11.7 Å². The number of oxazole rings is 1. The van der Waals surface area contributed by atoms with Crippen LogP contribution < -0.4 is 5.76 Å². The average molecular weight is 368 g/mol. The number of nitrogens with zero attached hydrogens (tertiary/aromatic N) is 2. The van der Waals surface area contributed by atoms with Gasteiger partial charge in [-0.15, -0.1) is 0 Å². The third-order valence-electron chi connectivity index (χ3n) is 4.92. The predicted molar refractivity (Wildman–Crippen MR) is 97.9 cm³/mol. The van der Waals surface area contributed by atoms with E-state index in [4.69, 9.17) is 9.15 Å². The first-order chi connectivity index (χ1) is 13.0. The molecule has 3 aromatic rings. The van der Waals surface area contributed by atoms with Gasteiger partial charge in [-0.3, -0.25) is 14.2 Å². The summed E-state index contributed by atoms with van der Waals surface area (Å²) in [7, 11) is 0. The first kappa shape index (κ1) is 17.3. The molecule has 0 unspecified atom stereocenters. The first-order valence-electron chi connectivity index (χ1n) is 8.91. The van der Waals surface area contributed by atoms with Crippen LogP contribution in [0.3, 0.4) is 0 Å². The van der Waals surface area contributed by atoms with E-state index in [0.717, 1.165) is 24.2 Å². The number of Topliss-reactive ketones (excluding diaryl/α,β-unsaturated/α-hetero) is 1. The number of para-hydroxylation sites is 2. The minimum absolute atomic E-state index is 0.243. The lowest BCUT2D eigenvalue weighted by Gasteiger charge is -2.08. The van der Waals surface area contributed by atoms with Crippen LogP contribution in [0.25, 0.3) is 11.1 Å². The fourth-order valence-electron chi connectivity index (χ4n) is 3.52. The van der Waals surface area contributed by atoms with Crippen molar-refractivity contribution in [3.8, 4) is 0 Å². The molecule has 0 aliphatic heterocycles. The molecule has 1 aromatic carbocycles. The number of ether oxygens (including phenoxy) is 1. The van der Waals surface area contributed by atoms with E-state index in [1.807, 2.05) is 19.9 Å². The van der Waals surface area contributed by atoms with Crippen molar-refractivity contribution in [2.24, 2.45) is 0 Å². The van der Waals surface area contributed by atoms with Gasteiger partial charge in [-0.05, 0) is 44.9 Å². The van der Waals surface area contributed by atoms with E-state index < -0.39 is 11.7 Å². The van der Waals surface area contributed by atoms with Crippen LogP contribution in [0.2, 0.25) is 0 Å². The molecule has 0 amide bonds. The normalized spacial score (nSPS) is 13.9. The van der Waals surface area contributed by atoms with E-state index in [1.54, 1.807) is 24.3 Å². The summed E-state index contributed by atoms with van der Waals surface area (Å²) in [5, 5.41) is 0. The molecule has 0 bridgehead atoms. The molecule has 0 spiro atoms. The molecule has 27 heavy (non-hydrogen) atoms. The molecule has 7 heteroatoms. The van der Waals surface area contributed by atoms with Gasteiger partial charge < -0.3 is 13.7 Å². The van der Waals surface area contributed by atoms with Gasteiger partial charge in [0.1, 0.15) is 6.54 Å². The Hall–Kier alpha value is -3.09. The summed E-state index contributed by atoms with van der Waals surface area (Å²) in [6.07, 6.45) is 2.26. The highest BCUT2D eigenvalue weighted by molar-refractivity contribution is 5.99. The van der Waals surface area contributed by atoms with E-state index in [0.29, 0.717) is 22.7 Å². The molecule has 4 rings (SSSR count). The van der Waals surface area contributed by atoms with Crippen LogP contribution in [0.4, 0.5) is 0 Å². The first-order valence-corrected chi connectivity index (χ1v) is 8.91. The Morgan fingerprint density at radius 3 is 2.70 bits per heavy atom. The molecular weight excluding hydrogens is 348 g/mol. The van der Waals surface area contributed by atoms with Gasteiger partial charge in [0.15, 0.2) is 12.2 Å². The van der Waals surface area contributed by atoms with Gasteiger partial charge in [0.25, 0.3) is 0 Å². The van der Waals surface area contributed by atoms with Gasteiger partial charge in [-0.1, -0.05) is 12.1 Å². The molecule has 2 heterocycles. The van der Waals surface area contributed by atoms with Crippen molar-refractivity contribution in [3.63, 3.8) is 0 Å². The van der Waals surface area contributed by atoms with Gasteiger partial charge in [0.05, 0.1) is 5.52 Å². The summed E-state index contributed by atoms with van der Waals surface area (Å²) < 4.78 is 13.6. The number of carbonyl (C=O) groups is 2. The number of carbonyl (C=O) groups excluding carboxylic acids is 2. The second-order valence-corrected chi connectivity index (χ2v) is 6.89. The Balaban J connectivity index is 1.43. The Morgan fingerprint density at radius 1 is 1.22 bits per heavy atom. The number of hydrogen-bond donors (Lipinski definition) is 0. The second kappa shape index (κ2) is 6.57. The average Bonchev–Trinajstić information content (AvgIpc) is 3.36. The lowest BCUT2D eigenvalue weighted by molar-refractivity contribution is -0.143. The summed E-state index contributed by atoms with van der Waals surface area (Å²) >= 11 is 0. The van der Waals surface area contributed by atoms with Crippen molar-refractivity contribution in [1.29, 1.82) is 0 Å². The van der Waals surface area contributed by atoms with Crippen molar-refractivity contribution in [2.75, 3.05) is 6.61 Å².